The van der Waals surface area contributed by atoms with E-state index >= 15 is 0 Å². The summed E-state index contributed by atoms with van der Waals surface area (Å²) in [5, 5.41) is 3.38. The summed E-state index contributed by atoms with van der Waals surface area (Å²) in [6.07, 6.45) is 1.70. The Balaban J connectivity index is 2.12. The van der Waals surface area contributed by atoms with Gasteiger partial charge in [0.25, 0.3) is 0 Å². The highest BCUT2D eigenvalue weighted by atomic mass is 16.5. The molecule has 0 aromatic rings. The zero-order valence-electron chi connectivity index (χ0n) is 11.8. The van der Waals surface area contributed by atoms with Crippen LogP contribution in [0.4, 0.5) is 0 Å². The largest absolute Gasteiger partial charge is 0.378 e. The monoisotopic (exact) mass is 256 g/mol. The quantitative estimate of drug-likeness (QED) is 0.806. The fourth-order valence-electron chi connectivity index (χ4n) is 2.80. The fourth-order valence-corrected chi connectivity index (χ4v) is 2.80. The molecule has 2 aliphatic heterocycles. The van der Waals surface area contributed by atoms with Crippen LogP contribution in [-0.4, -0.2) is 55.0 Å². The van der Waals surface area contributed by atoms with E-state index in [1.54, 1.807) is 7.11 Å². The van der Waals surface area contributed by atoms with Gasteiger partial charge in [-0.15, -0.1) is 0 Å². The number of nitrogens with one attached hydrogen (secondary N) is 1. The standard InChI is InChI=1S/C13H24N2O3/c1-5-12(3)11(16)15(10(2)14-12)8-13(17-4)6-7-18-9-13/h10,14H,5-9H2,1-4H3. The molecular formula is C13H24N2O3. The minimum absolute atomic E-state index is 0.0510. The van der Waals surface area contributed by atoms with Crippen molar-refractivity contribution in [2.45, 2.75) is 50.9 Å². The van der Waals surface area contributed by atoms with Crippen molar-refractivity contribution in [1.82, 2.24) is 10.2 Å². The average Bonchev–Trinajstić information content (AvgIpc) is 2.90. The maximum Gasteiger partial charge on any atom is 0.243 e. The second-order valence-corrected chi connectivity index (χ2v) is 5.63. The lowest BCUT2D eigenvalue weighted by molar-refractivity contribution is -0.137. The van der Waals surface area contributed by atoms with E-state index < -0.39 is 5.54 Å². The Hall–Kier alpha value is -0.650. The Morgan fingerprint density at radius 2 is 2.33 bits per heavy atom. The zero-order chi connectivity index (χ0) is 13.4. The summed E-state index contributed by atoms with van der Waals surface area (Å²) in [5.41, 5.74) is -0.765. The van der Waals surface area contributed by atoms with Crippen LogP contribution in [0.25, 0.3) is 0 Å². The Morgan fingerprint density at radius 3 is 2.78 bits per heavy atom. The Morgan fingerprint density at radius 1 is 1.61 bits per heavy atom. The second kappa shape index (κ2) is 4.79. The van der Waals surface area contributed by atoms with Gasteiger partial charge in [0, 0.05) is 20.1 Å². The third-order valence-electron chi connectivity index (χ3n) is 4.39. The van der Waals surface area contributed by atoms with Crippen molar-refractivity contribution in [3.05, 3.63) is 0 Å². The van der Waals surface area contributed by atoms with Crippen molar-refractivity contribution >= 4 is 5.91 Å². The van der Waals surface area contributed by atoms with Crippen molar-refractivity contribution in [2.24, 2.45) is 0 Å². The molecule has 5 heteroatoms. The molecule has 2 aliphatic rings. The molecule has 0 aliphatic carbocycles. The van der Waals surface area contributed by atoms with E-state index in [2.05, 4.69) is 5.32 Å². The van der Waals surface area contributed by atoms with Gasteiger partial charge in [-0.25, -0.2) is 0 Å². The second-order valence-electron chi connectivity index (χ2n) is 5.63. The van der Waals surface area contributed by atoms with E-state index in [-0.39, 0.29) is 17.7 Å². The lowest BCUT2D eigenvalue weighted by atomic mass is 9.98. The summed E-state index contributed by atoms with van der Waals surface area (Å²) in [6, 6.07) is 0. The summed E-state index contributed by atoms with van der Waals surface area (Å²) in [6.45, 7) is 7.91. The molecule has 2 saturated heterocycles. The first-order chi connectivity index (χ1) is 8.46. The molecule has 0 radical (unpaired) electrons. The number of carbonyl (C=O) groups is 1. The highest BCUT2D eigenvalue weighted by molar-refractivity contribution is 5.88. The van der Waals surface area contributed by atoms with Gasteiger partial charge in [-0.05, 0) is 20.3 Å². The molecule has 3 atom stereocenters. The normalized spacial score (nSPS) is 40.8. The van der Waals surface area contributed by atoms with Gasteiger partial charge in [-0.3, -0.25) is 10.1 Å². The molecular weight excluding hydrogens is 232 g/mol. The SMILES string of the molecule is CCC1(C)NC(C)N(CC2(OC)CCOC2)C1=O. The maximum atomic E-state index is 12.5. The third-order valence-corrected chi connectivity index (χ3v) is 4.39. The van der Waals surface area contributed by atoms with E-state index in [9.17, 15) is 4.79 Å². The van der Waals surface area contributed by atoms with E-state index in [4.69, 9.17) is 9.47 Å². The summed E-state index contributed by atoms with van der Waals surface area (Å²) in [7, 11) is 1.70. The molecule has 0 saturated carbocycles. The molecule has 0 aromatic heterocycles. The number of hydrogen-bond donors (Lipinski definition) is 1. The Labute approximate surface area is 109 Å². The number of carbonyl (C=O) groups excluding carboxylic acids is 1. The van der Waals surface area contributed by atoms with Crippen LogP contribution in [-0.2, 0) is 14.3 Å². The summed E-state index contributed by atoms with van der Waals surface area (Å²) < 4.78 is 11.0. The van der Waals surface area contributed by atoms with Crippen molar-refractivity contribution in [1.29, 1.82) is 0 Å². The maximum absolute atomic E-state index is 12.5. The van der Waals surface area contributed by atoms with Gasteiger partial charge in [0.2, 0.25) is 5.91 Å². The number of nitrogens with zero attached hydrogens (tertiary/aromatic N) is 1. The smallest absolute Gasteiger partial charge is 0.243 e. The predicted octanol–water partition coefficient (Wildman–Crippen LogP) is 0.738. The molecule has 104 valence electrons. The van der Waals surface area contributed by atoms with Gasteiger partial charge in [-0.1, -0.05) is 6.92 Å². The molecule has 2 fully saturated rings. The topological polar surface area (TPSA) is 50.8 Å². The summed E-state index contributed by atoms with van der Waals surface area (Å²) >= 11 is 0. The number of ether oxygens (including phenoxy) is 2. The molecule has 1 N–H and O–H groups in total. The minimum atomic E-state index is -0.437. The molecule has 18 heavy (non-hydrogen) atoms. The third kappa shape index (κ3) is 2.15. The van der Waals surface area contributed by atoms with Crippen molar-refractivity contribution < 1.29 is 14.3 Å². The number of hydrogen-bond acceptors (Lipinski definition) is 4. The van der Waals surface area contributed by atoms with Crippen LogP contribution >= 0.6 is 0 Å². The number of rotatable bonds is 4. The van der Waals surface area contributed by atoms with Crippen LogP contribution < -0.4 is 5.32 Å². The van der Waals surface area contributed by atoms with Crippen LogP contribution in [0.3, 0.4) is 0 Å². The van der Waals surface area contributed by atoms with E-state index in [0.717, 1.165) is 12.8 Å². The number of amides is 1. The first kappa shape index (κ1) is 13.8. The van der Waals surface area contributed by atoms with Crippen LogP contribution in [0.15, 0.2) is 0 Å². The minimum Gasteiger partial charge on any atom is -0.378 e. The Bertz CT molecular complexity index is 328. The summed E-state index contributed by atoms with van der Waals surface area (Å²) in [4.78, 5) is 14.4. The highest BCUT2D eigenvalue weighted by Gasteiger charge is 2.48. The van der Waals surface area contributed by atoms with Crippen LogP contribution in [0.5, 0.6) is 0 Å². The molecule has 1 amide bonds. The van der Waals surface area contributed by atoms with Gasteiger partial charge in [-0.2, -0.15) is 0 Å². The fraction of sp³-hybridized carbons (Fsp3) is 0.923. The molecule has 5 nitrogen and oxygen atoms in total. The molecule has 2 heterocycles. The van der Waals surface area contributed by atoms with Gasteiger partial charge >= 0.3 is 0 Å². The molecule has 3 unspecified atom stereocenters. The zero-order valence-corrected chi connectivity index (χ0v) is 11.8. The lowest BCUT2D eigenvalue weighted by Gasteiger charge is -2.33. The number of methoxy groups -OCH3 is 1. The van der Waals surface area contributed by atoms with Crippen LogP contribution in [0, 0.1) is 0 Å². The van der Waals surface area contributed by atoms with Gasteiger partial charge in [0.05, 0.1) is 24.9 Å². The van der Waals surface area contributed by atoms with Gasteiger partial charge in [0.1, 0.15) is 5.60 Å². The molecule has 0 bridgehead atoms. The first-order valence-electron chi connectivity index (χ1n) is 6.68. The molecule has 0 spiro atoms. The van der Waals surface area contributed by atoms with Crippen molar-refractivity contribution in [2.75, 3.05) is 26.9 Å². The van der Waals surface area contributed by atoms with E-state index in [1.807, 2.05) is 25.7 Å². The average molecular weight is 256 g/mol. The van der Waals surface area contributed by atoms with E-state index in [1.165, 1.54) is 0 Å². The first-order valence-corrected chi connectivity index (χ1v) is 6.68. The highest BCUT2D eigenvalue weighted by Crippen LogP contribution is 2.29. The van der Waals surface area contributed by atoms with Gasteiger partial charge in [0.15, 0.2) is 0 Å². The van der Waals surface area contributed by atoms with Crippen molar-refractivity contribution in [3.63, 3.8) is 0 Å². The van der Waals surface area contributed by atoms with Gasteiger partial charge < -0.3 is 14.4 Å². The summed E-state index contributed by atoms with van der Waals surface area (Å²) in [5.74, 6) is 0.167. The van der Waals surface area contributed by atoms with Crippen molar-refractivity contribution in [3.8, 4) is 0 Å². The Kier molecular flexibility index (Phi) is 3.67. The van der Waals surface area contributed by atoms with Crippen LogP contribution in [0.2, 0.25) is 0 Å². The van der Waals surface area contributed by atoms with E-state index in [0.29, 0.717) is 19.8 Å². The lowest BCUT2D eigenvalue weighted by Crippen LogP contribution is -2.49. The van der Waals surface area contributed by atoms with Crippen LogP contribution in [0.1, 0.15) is 33.6 Å². The predicted molar refractivity (Wildman–Crippen MR) is 68.2 cm³/mol. The molecule has 2 rings (SSSR count). The molecule has 0 aromatic carbocycles.